The Labute approximate surface area is 71.4 Å². The van der Waals surface area contributed by atoms with Gasteiger partial charge >= 0.3 is 7.12 Å². The lowest BCUT2D eigenvalue weighted by molar-refractivity contribution is 0.427. The molecule has 0 radical (unpaired) electrons. The van der Waals surface area contributed by atoms with Gasteiger partial charge in [0.05, 0.1) is 0 Å². The van der Waals surface area contributed by atoms with Crippen LogP contribution in [0.15, 0.2) is 36.9 Å². The molecule has 0 aromatic heterocycles. The Kier molecular flexibility index (Phi) is 4.29. The van der Waals surface area contributed by atoms with Crippen LogP contribution in [-0.4, -0.2) is 22.6 Å². The summed E-state index contributed by atoms with van der Waals surface area (Å²) in [6.45, 7) is 3.52. The molecule has 0 saturated carbocycles. The third kappa shape index (κ3) is 2.50. The summed E-state index contributed by atoms with van der Waals surface area (Å²) in [5.74, 6) is 0. The van der Waals surface area contributed by atoms with E-state index >= 15 is 0 Å². The van der Waals surface area contributed by atoms with E-state index in [0.717, 1.165) is 5.56 Å². The summed E-state index contributed by atoms with van der Waals surface area (Å²) in [5.41, 5.74) is 1.08. The molecular weight excluding hydrogens is 155 g/mol. The van der Waals surface area contributed by atoms with Crippen molar-refractivity contribution in [3.05, 3.63) is 42.5 Å². The minimum Gasteiger partial charge on any atom is -0.423 e. The molecule has 0 heterocycles. The molecule has 0 unspecified atom stereocenters. The van der Waals surface area contributed by atoms with Crippen molar-refractivity contribution < 1.29 is 15.5 Å². The summed E-state index contributed by atoms with van der Waals surface area (Å²) in [7, 11) is -1.46. The van der Waals surface area contributed by atoms with Gasteiger partial charge in [-0.15, -0.1) is 0 Å². The van der Waals surface area contributed by atoms with Crippen LogP contribution in [0.25, 0.3) is 5.47 Å². The van der Waals surface area contributed by atoms with Crippen molar-refractivity contribution in [1.82, 2.24) is 0 Å². The topological polar surface area (TPSA) is 72.0 Å². The molecule has 12 heavy (non-hydrogen) atoms. The lowest BCUT2D eigenvalue weighted by Crippen LogP contribution is -2.12. The SMILES string of the molecule is C=C(B(O)O)c1ccccc1.O. The maximum atomic E-state index is 8.73. The van der Waals surface area contributed by atoms with Gasteiger partial charge in [-0.25, -0.2) is 0 Å². The molecule has 0 fully saturated rings. The Morgan fingerprint density at radius 1 is 1.17 bits per heavy atom. The quantitative estimate of drug-likeness (QED) is 0.601. The van der Waals surface area contributed by atoms with Crippen LogP contribution < -0.4 is 0 Å². The molecule has 0 aliphatic rings. The van der Waals surface area contributed by atoms with Crippen molar-refractivity contribution in [3.63, 3.8) is 0 Å². The Bertz CT molecular complexity index is 246. The highest BCUT2D eigenvalue weighted by atomic mass is 16.4. The van der Waals surface area contributed by atoms with Crippen LogP contribution in [0.2, 0.25) is 0 Å². The van der Waals surface area contributed by atoms with Crippen LogP contribution >= 0.6 is 0 Å². The highest BCUT2D eigenvalue weighted by molar-refractivity contribution is 6.65. The van der Waals surface area contributed by atoms with E-state index in [2.05, 4.69) is 6.58 Å². The Balaban J connectivity index is 0.00000121. The fraction of sp³-hybridized carbons (Fsp3) is 0. The van der Waals surface area contributed by atoms with Gasteiger partial charge in [0.25, 0.3) is 0 Å². The minimum atomic E-state index is -1.46. The van der Waals surface area contributed by atoms with Crippen molar-refractivity contribution in [2.45, 2.75) is 0 Å². The molecule has 0 bridgehead atoms. The summed E-state index contributed by atoms with van der Waals surface area (Å²) in [6, 6.07) is 9.07. The van der Waals surface area contributed by atoms with Gasteiger partial charge in [0.15, 0.2) is 0 Å². The molecule has 0 aliphatic heterocycles. The van der Waals surface area contributed by atoms with Crippen LogP contribution in [0.5, 0.6) is 0 Å². The van der Waals surface area contributed by atoms with Crippen molar-refractivity contribution >= 4 is 12.6 Å². The first-order valence-corrected chi connectivity index (χ1v) is 3.32. The van der Waals surface area contributed by atoms with Gasteiger partial charge < -0.3 is 15.5 Å². The standard InChI is InChI=1S/C8H9BO2.H2O/c1-7(9(10)11)8-5-3-2-4-6-8;/h2-6,10-11H,1H2;1H2. The zero-order chi connectivity index (χ0) is 8.27. The second-order valence-electron chi connectivity index (χ2n) is 2.26. The first-order chi connectivity index (χ1) is 5.22. The van der Waals surface area contributed by atoms with Gasteiger partial charge in [0, 0.05) is 0 Å². The lowest BCUT2D eigenvalue weighted by Gasteiger charge is -2.02. The third-order valence-corrected chi connectivity index (χ3v) is 1.46. The first-order valence-electron chi connectivity index (χ1n) is 3.32. The molecule has 0 amide bonds. The molecule has 0 saturated heterocycles. The van der Waals surface area contributed by atoms with Crippen molar-refractivity contribution in [1.29, 1.82) is 0 Å². The van der Waals surface area contributed by atoms with Crippen molar-refractivity contribution in [3.8, 4) is 0 Å². The van der Waals surface area contributed by atoms with E-state index in [0.29, 0.717) is 5.47 Å². The summed E-state index contributed by atoms with van der Waals surface area (Å²) in [4.78, 5) is 0. The summed E-state index contributed by atoms with van der Waals surface area (Å²) in [6.07, 6.45) is 0. The predicted octanol–water partition coefficient (Wildman–Crippen LogP) is -0.113. The molecule has 1 aromatic carbocycles. The van der Waals surface area contributed by atoms with Crippen LogP contribution in [0, 0.1) is 0 Å². The van der Waals surface area contributed by atoms with Crippen LogP contribution in [-0.2, 0) is 0 Å². The second kappa shape index (κ2) is 4.72. The van der Waals surface area contributed by atoms with E-state index in [9.17, 15) is 0 Å². The largest absolute Gasteiger partial charge is 0.488 e. The van der Waals surface area contributed by atoms with E-state index in [4.69, 9.17) is 10.0 Å². The minimum absolute atomic E-state index is 0. The molecule has 4 heteroatoms. The molecular formula is C8H11BO3. The number of hydrogen-bond donors (Lipinski definition) is 2. The zero-order valence-corrected chi connectivity index (χ0v) is 6.57. The maximum Gasteiger partial charge on any atom is 0.488 e. The highest BCUT2D eigenvalue weighted by Gasteiger charge is 2.12. The lowest BCUT2D eigenvalue weighted by atomic mass is 9.76. The summed E-state index contributed by atoms with van der Waals surface area (Å²) in [5, 5.41) is 17.5. The predicted molar refractivity (Wildman–Crippen MR) is 49.3 cm³/mol. The van der Waals surface area contributed by atoms with Crippen LogP contribution in [0.3, 0.4) is 0 Å². The van der Waals surface area contributed by atoms with Gasteiger partial charge in [0.1, 0.15) is 0 Å². The molecule has 3 nitrogen and oxygen atoms in total. The van der Waals surface area contributed by atoms with E-state index in [1.165, 1.54) is 0 Å². The molecule has 4 N–H and O–H groups in total. The molecule has 0 atom stereocenters. The first kappa shape index (κ1) is 10.9. The fourth-order valence-corrected chi connectivity index (χ4v) is 0.801. The van der Waals surface area contributed by atoms with Gasteiger partial charge in [-0.05, 0) is 11.0 Å². The van der Waals surface area contributed by atoms with Crippen LogP contribution in [0.1, 0.15) is 5.56 Å². The molecule has 64 valence electrons. The fourth-order valence-electron chi connectivity index (χ4n) is 0.801. The van der Waals surface area contributed by atoms with Crippen molar-refractivity contribution in [2.24, 2.45) is 0 Å². The Morgan fingerprint density at radius 3 is 2.08 bits per heavy atom. The average molecular weight is 166 g/mol. The normalized spacial score (nSPS) is 8.50. The second-order valence-corrected chi connectivity index (χ2v) is 2.26. The Morgan fingerprint density at radius 2 is 1.67 bits per heavy atom. The molecule has 0 aliphatic carbocycles. The Hall–Kier alpha value is -1.10. The maximum absolute atomic E-state index is 8.73. The summed E-state index contributed by atoms with van der Waals surface area (Å²) < 4.78 is 0. The van der Waals surface area contributed by atoms with E-state index in [-0.39, 0.29) is 5.48 Å². The third-order valence-electron chi connectivity index (χ3n) is 1.46. The number of rotatable bonds is 2. The van der Waals surface area contributed by atoms with Gasteiger partial charge in [-0.3, -0.25) is 0 Å². The van der Waals surface area contributed by atoms with E-state index in [1.807, 2.05) is 18.2 Å². The average Bonchev–Trinajstić information content (AvgIpc) is 2.05. The molecule has 1 aromatic rings. The van der Waals surface area contributed by atoms with Gasteiger partial charge in [-0.2, -0.15) is 0 Å². The number of hydrogen-bond acceptors (Lipinski definition) is 2. The van der Waals surface area contributed by atoms with E-state index < -0.39 is 7.12 Å². The molecule has 1 rings (SSSR count). The zero-order valence-electron chi connectivity index (χ0n) is 6.57. The smallest absolute Gasteiger partial charge is 0.423 e. The highest BCUT2D eigenvalue weighted by Crippen LogP contribution is 2.11. The van der Waals surface area contributed by atoms with Gasteiger partial charge in [-0.1, -0.05) is 36.9 Å². The summed E-state index contributed by atoms with van der Waals surface area (Å²) >= 11 is 0. The van der Waals surface area contributed by atoms with Crippen LogP contribution in [0.4, 0.5) is 0 Å². The van der Waals surface area contributed by atoms with Gasteiger partial charge in [0.2, 0.25) is 0 Å². The van der Waals surface area contributed by atoms with E-state index in [1.54, 1.807) is 12.1 Å². The molecule has 0 spiro atoms. The van der Waals surface area contributed by atoms with Crippen molar-refractivity contribution in [2.75, 3.05) is 0 Å². The monoisotopic (exact) mass is 166 g/mol. The number of benzene rings is 1.